The van der Waals surface area contributed by atoms with Crippen molar-refractivity contribution in [1.29, 1.82) is 0 Å². The quantitative estimate of drug-likeness (QED) is 0.322. The molecule has 1 saturated carbocycles. The molecule has 0 aliphatic heterocycles. The maximum Gasteiger partial charge on any atom is 0.253 e. The van der Waals surface area contributed by atoms with Gasteiger partial charge in [-0.1, -0.05) is 49.2 Å². The summed E-state index contributed by atoms with van der Waals surface area (Å²) in [5.41, 5.74) is 0.972. The maximum atomic E-state index is 13.1. The van der Waals surface area contributed by atoms with Crippen LogP contribution < -0.4 is 10.2 Å². The number of nitrogens with one attached hydrogen (secondary N) is 1. The Bertz CT molecular complexity index is 1150. The number of carbonyl (C=O) groups excluding carboxylic acids is 2. The third kappa shape index (κ3) is 6.03. The Morgan fingerprint density at radius 3 is 2.74 bits per heavy atom. The van der Waals surface area contributed by atoms with Crippen molar-refractivity contribution in [2.24, 2.45) is 0 Å². The van der Waals surface area contributed by atoms with Crippen LogP contribution in [0, 0.1) is 0 Å². The standard InChI is InChI=1S/C26H31N5O3S/c1-3-15-31-24(19-10-5-4-6-11-19)28-29-26(31)35-18-23(32)30(2)22-14-8-7-13-21(22)25(33)27-17-20-12-9-16-34-20/h3,7-9,12-14,16,19H,1,4-6,10-11,15,17-18H2,2H3,(H,27,33). The molecule has 35 heavy (non-hydrogen) atoms. The Kier molecular flexibility index (Phi) is 8.41. The minimum Gasteiger partial charge on any atom is -0.467 e. The van der Waals surface area contributed by atoms with Crippen LogP contribution in [0.4, 0.5) is 5.69 Å². The molecule has 1 aliphatic carbocycles. The van der Waals surface area contributed by atoms with Crippen LogP contribution in [-0.2, 0) is 17.9 Å². The van der Waals surface area contributed by atoms with Gasteiger partial charge in [0.2, 0.25) is 5.91 Å². The van der Waals surface area contributed by atoms with Gasteiger partial charge in [0.1, 0.15) is 11.6 Å². The topological polar surface area (TPSA) is 93.3 Å². The lowest BCUT2D eigenvalue weighted by molar-refractivity contribution is -0.115. The summed E-state index contributed by atoms with van der Waals surface area (Å²) >= 11 is 1.36. The fourth-order valence-corrected chi connectivity index (χ4v) is 5.23. The average molecular weight is 494 g/mol. The smallest absolute Gasteiger partial charge is 0.253 e. The summed E-state index contributed by atoms with van der Waals surface area (Å²) < 4.78 is 7.36. The highest BCUT2D eigenvalue weighted by Crippen LogP contribution is 2.33. The number of nitrogens with zero attached hydrogens (tertiary/aromatic N) is 4. The third-order valence-electron chi connectivity index (χ3n) is 6.24. The Morgan fingerprint density at radius 1 is 1.20 bits per heavy atom. The predicted molar refractivity (Wildman–Crippen MR) is 136 cm³/mol. The highest BCUT2D eigenvalue weighted by Gasteiger charge is 2.24. The molecule has 3 aromatic rings. The lowest BCUT2D eigenvalue weighted by Crippen LogP contribution is -2.31. The molecule has 1 aliphatic rings. The van der Waals surface area contributed by atoms with Gasteiger partial charge in [0.05, 0.1) is 29.8 Å². The van der Waals surface area contributed by atoms with E-state index in [4.69, 9.17) is 4.42 Å². The SMILES string of the molecule is C=CCn1c(SCC(=O)N(C)c2ccccc2C(=O)NCc2ccco2)nnc1C1CCCCC1. The number of para-hydroxylation sites is 1. The normalized spacial score (nSPS) is 14.0. The summed E-state index contributed by atoms with van der Waals surface area (Å²) in [5, 5.41) is 12.4. The molecule has 1 fully saturated rings. The number of hydrogen-bond acceptors (Lipinski definition) is 6. The molecule has 1 aromatic carbocycles. The summed E-state index contributed by atoms with van der Waals surface area (Å²) in [4.78, 5) is 27.4. The van der Waals surface area contributed by atoms with Crippen LogP contribution in [0.1, 0.15) is 60.0 Å². The number of furan rings is 1. The molecule has 4 rings (SSSR count). The molecule has 1 N–H and O–H groups in total. The van der Waals surface area contributed by atoms with E-state index in [1.54, 1.807) is 43.6 Å². The zero-order valence-corrected chi connectivity index (χ0v) is 20.8. The molecular formula is C26H31N5O3S. The molecular weight excluding hydrogens is 462 g/mol. The number of hydrogen-bond donors (Lipinski definition) is 1. The van der Waals surface area contributed by atoms with Crippen LogP contribution in [0.15, 0.2) is 64.9 Å². The second kappa shape index (κ2) is 11.9. The van der Waals surface area contributed by atoms with E-state index in [9.17, 15) is 9.59 Å². The van der Waals surface area contributed by atoms with Crippen molar-refractivity contribution in [2.75, 3.05) is 17.7 Å². The van der Waals surface area contributed by atoms with Gasteiger partial charge in [0.15, 0.2) is 5.16 Å². The van der Waals surface area contributed by atoms with Crippen molar-refractivity contribution in [2.45, 2.75) is 56.3 Å². The van der Waals surface area contributed by atoms with E-state index in [0.29, 0.717) is 29.5 Å². The van der Waals surface area contributed by atoms with E-state index in [-0.39, 0.29) is 24.1 Å². The summed E-state index contributed by atoms with van der Waals surface area (Å²) in [6.07, 6.45) is 9.36. The second-order valence-corrected chi connectivity index (χ2v) is 9.54. The summed E-state index contributed by atoms with van der Waals surface area (Å²) in [7, 11) is 1.68. The molecule has 0 saturated heterocycles. The van der Waals surface area contributed by atoms with Gasteiger partial charge in [0, 0.05) is 19.5 Å². The van der Waals surface area contributed by atoms with Gasteiger partial charge in [0.25, 0.3) is 5.91 Å². The molecule has 2 amide bonds. The molecule has 2 aromatic heterocycles. The number of aromatic nitrogens is 3. The van der Waals surface area contributed by atoms with Gasteiger partial charge in [-0.05, 0) is 37.1 Å². The fraction of sp³-hybridized carbons (Fsp3) is 0.385. The van der Waals surface area contributed by atoms with Crippen LogP contribution in [0.2, 0.25) is 0 Å². The summed E-state index contributed by atoms with van der Waals surface area (Å²) in [6.45, 7) is 4.77. The van der Waals surface area contributed by atoms with Crippen molar-refractivity contribution < 1.29 is 14.0 Å². The van der Waals surface area contributed by atoms with Gasteiger partial charge in [-0.3, -0.25) is 9.59 Å². The number of thioether (sulfide) groups is 1. The number of amides is 2. The van der Waals surface area contributed by atoms with Gasteiger partial charge in [-0.15, -0.1) is 16.8 Å². The lowest BCUT2D eigenvalue weighted by Gasteiger charge is -2.22. The largest absolute Gasteiger partial charge is 0.467 e. The number of anilines is 1. The predicted octanol–water partition coefficient (Wildman–Crippen LogP) is 4.79. The number of allylic oxidation sites excluding steroid dienone is 1. The highest BCUT2D eigenvalue weighted by molar-refractivity contribution is 7.99. The lowest BCUT2D eigenvalue weighted by atomic mass is 9.89. The first kappa shape index (κ1) is 24.8. The van der Waals surface area contributed by atoms with Crippen LogP contribution in [0.25, 0.3) is 0 Å². The molecule has 0 spiro atoms. The molecule has 0 bridgehead atoms. The fourth-order valence-electron chi connectivity index (χ4n) is 4.36. The Labute approximate surface area is 209 Å². The molecule has 9 heteroatoms. The summed E-state index contributed by atoms with van der Waals surface area (Å²) in [6, 6.07) is 10.6. The Morgan fingerprint density at radius 2 is 2.00 bits per heavy atom. The third-order valence-corrected chi connectivity index (χ3v) is 7.19. The number of rotatable bonds is 10. The van der Waals surface area contributed by atoms with E-state index in [1.807, 2.05) is 12.1 Å². The van der Waals surface area contributed by atoms with Crippen molar-refractivity contribution in [3.63, 3.8) is 0 Å². The van der Waals surface area contributed by atoms with Crippen LogP contribution >= 0.6 is 11.8 Å². The Hall–Kier alpha value is -3.33. The molecule has 0 radical (unpaired) electrons. The van der Waals surface area contributed by atoms with Crippen molar-refractivity contribution in [3.8, 4) is 0 Å². The number of benzene rings is 1. The molecule has 8 nitrogen and oxygen atoms in total. The van der Waals surface area contributed by atoms with E-state index in [2.05, 4.69) is 26.7 Å². The van der Waals surface area contributed by atoms with E-state index in [1.165, 1.54) is 35.9 Å². The molecule has 2 heterocycles. The molecule has 184 valence electrons. The average Bonchev–Trinajstić information content (AvgIpc) is 3.56. The maximum absolute atomic E-state index is 13.1. The van der Waals surface area contributed by atoms with Crippen LogP contribution in [0.3, 0.4) is 0 Å². The first-order chi connectivity index (χ1) is 17.1. The van der Waals surface area contributed by atoms with E-state index in [0.717, 1.165) is 23.8 Å². The van der Waals surface area contributed by atoms with Crippen molar-refractivity contribution in [3.05, 3.63) is 72.5 Å². The Balaban J connectivity index is 1.42. The molecule has 0 unspecified atom stereocenters. The van der Waals surface area contributed by atoms with Gasteiger partial charge in [-0.2, -0.15) is 0 Å². The second-order valence-electron chi connectivity index (χ2n) is 8.60. The minimum absolute atomic E-state index is 0.131. The van der Waals surface area contributed by atoms with Crippen molar-refractivity contribution >= 4 is 29.3 Å². The van der Waals surface area contributed by atoms with Crippen LogP contribution in [0.5, 0.6) is 0 Å². The zero-order valence-electron chi connectivity index (χ0n) is 20.0. The molecule has 0 atom stereocenters. The van der Waals surface area contributed by atoms with E-state index < -0.39 is 0 Å². The van der Waals surface area contributed by atoms with Gasteiger partial charge < -0.3 is 19.2 Å². The monoisotopic (exact) mass is 493 g/mol. The van der Waals surface area contributed by atoms with Gasteiger partial charge >= 0.3 is 0 Å². The van der Waals surface area contributed by atoms with Crippen molar-refractivity contribution in [1.82, 2.24) is 20.1 Å². The van der Waals surface area contributed by atoms with E-state index >= 15 is 0 Å². The first-order valence-corrected chi connectivity index (χ1v) is 12.9. The summed E-state index contributed by atoms with van der Waals surface area (Å²) in [5.74, 6) is 1.84. The number of carbonyl (C=O) groups is 2. The zero-order chi connectivity index (χ0) is 24.6. The first-order valence-electron chi connectivity index (χ1n) is 11.9. The van der Waals surface area contributed by atoms with Gasteiger partial charge in [-0.25, -0.2) is 0 Å². The van der Waals surface area contributed by atoms with Crippen LogP contribution in [-0.4, -0.2) is 39.4 Å². The minimum atomic E-state index is -0.271. The highest BCUT2D eigenvalue weighted by atomic mass is 32.2.